The molecule has 0 spiro atoms. The Morgan fingerprint density at radius 1 is 1.26 bits per heavy atom. The predicted octanol–water partition coefficient (Wildman–Crippen LogP) is 3.66. The van der Waals surface area contributed by atoms with Crippen LogP contribution in [0.1, 0.15) is 41.6 Å². The average molecular weight is 456 g/mol. The molecule has 31 heavy (non-hydrogen) atoms. The fourth-order valence-corrected chi connectivity index (χ4v) is 6.03. The van der Waals surface area contributed by atoms with E-state index in [1.807, 2.05) is 19.9 Å². The van der Waals surface area contributed by atoms with Crippen LogP contribution in [0.25, 0.3) is 11.0 Å². The third-order valence-electron chi connectivity index (χ3n) is 5.81. The van der Waals surface area contributed by atoms with Crippen LogP contribution in [0.2, 0.25) is 0 Å². The SMILES string of the molecule is CCn1c(CSc2nc3c(c(C)c2C#N)CCC3)nc2cc(S(=O)(=O)N(C)C)ccc21. The first kappa shape index (κ1) is 21.8. The summed E-state index contributed by atoms with van der Waals surface area (Å²) in [4.78, 5) is 9.75. The Morgan fingerprint density at radius 3 is 2.71 bits per heavy atom. The van der Waals surface area contributed by atoms with Gasteiger partial charge in [-0.3, -0.25) is 0 Å². The molecule has 1 aliphatic rings. The van der Waals surface area contributed by atoms with E-state index in [1.165, 1.54) is 35.7 Å². The molecule has 0 saturated heterocycles. The third kappa shape index (κ3) is 3.73. The number of aryl methyl sites for hydroxylation is 2. The van der Waals surface area contributed by atoms with Crippen LogP contribution in [0, 0.1) is 18.3 Å². The minimum Gasteiger partial charge on any atom is -0.328 e. The fraction of sp³-hybridized carbons (Fsp3) is 0.409. The average Bonchev–Trinajstić information content (AvgIpc) is 3.35. The zero-order valence-corrected chi connectivity index (χ0v) is 19.8. The summed E-state index contributed by atoms with van der Waals surface area (Å²) in [6.07, 6.45) is 3.05. The smallest absolute Gasteiger partial charge is 0.242 e. The molecule has 4 rings (SSSR count). The van der Waals surface area contributed by atoms with E-state index in [9.17, 15) is 13.7 Å². The van der Waals surface area contributed by atoms with Crippen molar-refractivity contribution in [2.24, 2.45) is 0 Å². The van der Waals surface area contributed by atoms with Crippen molar-refractivity contribution in [3.8, 4) is 6.07 Å². The highest BCUT2D eigenvalue weighted by Gasteiger charge is 2.22. The fourth-order valence-electron chi connectivity index (χ4n) is 4.11. The Balaban J connectivity index is 1.70. The Hall–Kier alpha value is -2.41. The highest BCUT2D eigenvalue weighted by molar-refractivity contribution is 7.98. The molecule has 9 heteroatoms. The molecule has 0 unspecified atom stereocenters. The number of thioether (sulfide) groups is 1. The molecule has 162 valence electrons. The maximum atomic E-state index is 12.5. The molecule has 0 radical (unpaired) electrons. The van der Waals surface area contributed by atoms with Gasteiger partial charge in [-0.15, -0.1) is 0 Å². The van der Waals surface area contributed by atoms with Gasteiger partial charge in [0.25, 0.3) is 0 Å². The summed E-state index contributed by atoms with van der Waals surface area (Å²) >= 11 is 1.52. The number of pyridine rings is 1. The van der Waals surface area contributed by atoms with Gasteiger partial charge in [-0.2, -0.15) is 5.26 Å². The van der Waals surface area contributed by atoms with Gasteiger partial charge in [0.1, 0.15) is 16.9 Å². The molecule has 0 aliphatic heterocycles. The Bertz CT molecular complexity index is 1320. The number of hydrogen-bond donors (Lipinski definition) is 0. The first-order valence-electron chi connectivity index (χ1n) is 10.2. The van der Waals surface area contributed by atoms with Gasteiger partial charge in [-0.1, -0.05) is 11.8 Å². The zero-order valence-electron chi connectivity index (χ0n) is 18.1. The summed E-state index contributed by atoms with van der Waals surface area (Å²) in [6, 6.07) is 7.41. The maximum Gasteiger partial charge on any atom is 0.242 e. The van der Waals surface area contributed by atoms with Crippen molar-refractivity contribution in [3.63, 3.8) is 0 Å². The topological polar surface area (TPSA) is 91.9 Å². The Labute approximate surface area is 187 Å². The lowest BCUT2D eigenvalue weighted by atomic mass is 10.0. The quantitative estimate of drug-likeness (QED) is 0.527. The van der Waals surface area contributed by atoms with Gasteiger partial charge in [-0.05, 0) is 62.4 Å². The first-order valence-corrected chi connectivity index (χ1v) is 12.7. The number of sulfonamides is 1. The largest absolute Gasteiger partial charge is 0.328 e. The summed E-state index contributed by atoms with van der Waals surface area (Å²) in [5.41, 5.74) is 5.60. The van der Waals surface area contributed by atoms with Crippen molar-refractivity contribution in [2.45, 2.75) is 55.3 Å². The number of aromatic nitrogens is 3. The summed E-state index contributed by atoms with van der Waals surface area (Å²) in [5.74, 6) is 1.39. The highest BCUT2D eigenvalue weighted by atomic mass is 32.2. The highest BCUT2D eigenvalue weighted by Crippen LogP contribution is 2.33. The van der Waals surface area contributed by atoms with Crippen molar-refractivity contribution in [3.05, 3.63) is 46.4 Å². The van der Waals surface area contributed by atoms with E-state index in [2.05, 4.69) is 10.6 Å². The van der Waals surface area contributed by atoms with E-state index in [4.69, 9.17) is 9.97 Å². The lowest BCUT2D eigenvalue weighted by molar-refractivity contribution is 0.521. The molecule has 0 N–H and O–H groups in total. The van der Waals surface area contributed by atoms with Gasteiger partial charge in [0.15, 0.2) is 0 Å². The van der Waals surface area contributed by atoms with Crippen molar-refractivity contribution >= 4 is 32.8 Å². The molecule has 0 atom stereocenters. The van der Waals surface area contributed by atoms with Crippen molar-refractivity contribution in [2.75, 3.05) is 14.1 Å². The number of fused-ring (bicyclic) bond motifs is 2. The molecule has 3 aromatic rings. The molecule has 0 bridgehead atoms. The van der Waals surface area contributed by atoms with E-state index in [-0.39, 0.29) is 4.90 Å². The van der Waals surface area contributed by atoms with E-state index in [1.54, 1.807) is 12.1 Å². The van der Waals surface area contributed by atoms with Crippen molar-refractivity contribution in [1.82, 2.24) is 18.8 Å². The summed E-state index contributed by atoms with van der Waals surface area (Å²) in [6.45, 7) is 4.77. The molecule has 1 aliphatic carbocycles. The van der Waals surface area contributed by atoms with E-state index < -0.39 is 10.0 Å². The molecular formula is C22H25N5O2S2. The minimum absolute atomic E-state index is 0.229. The summed E-state index contributed by atoms with van der Waals surface area (Å²) in [5, 5.41) is 10.5. The van der Waals surface area contributed by atoms with Crippen LogP contribution < -0.4 is 0 Å². The molecule has 7 nitrogen and oxygen atoms in total. The number of hydrogen-bond acceptors (Lipinski definition) is 6. The second-order valence-electron chi connectivity index (χ2n) is 7.81. The van der Waals surface area contributed by atoms with Crippen LogP contribution >= 0.6 is 11.8 Å². The van der Waals surface area contributed by atoms with Gasteiger partial charge < -0.3 is 4.57 Å². The van der Waals surface area contributed by atoms with Gasteiger partial charge in [0.2, 0.25) is 10.0 Å². The van der Waals surface area contributed by atoms with Crippen LogP contribution in [0.5, 0.6) is 0 Å². The predicted molar refractivity (Wildman–Crippen MR) is 122 cm³/mol. The summed E-state index contributed by atoms with van der Waals surface area (Å²) in [7, 11) is -0.484. The molecular weight excluding hydrogens is 430 g/mol. The number of benzene rings is 1. The second kappa shape index (κ2) is 8.26. The molecule has 0 amide bonds. The van der Waals surface area contributed by atoms with Crippen molar-refractivity contribution < 1.29 is 8.42 Å². The van der Waals surface area contributed by atoms with Crippen molar-refractivity contribution in [1.29, 1.82) is 5.26 Å². The second-order valence-corrected chi connectivity index (χ2v) is 10.9. The van der Waals surface area contributed by atoms with Crippen LogP contribution in [0.15, 0.2) is 28.1 Å². The molecule has 0 saturated carbocycles. The first-order chi connectivity index (χ1) is 14.8. The lowest BCUT2D eigenvalue weighted by Crippen LogP contribution is -2.22. The van der Waals surface area contributed by atoms with Gasteiger partial charge in [0, 0.05) is 26.3 Å². The molecule has 2 aromatic heterocycles. The molecule has 1 aromatic carbocycles. The Kier molecular flexibility index (Phi) is 5.81. The van der Waals surface area contributed by atoms with Gasteiger partial charge >= 0.3 is 0 Å². The lowest BCUT2D eigenvalue weighted by Gasteiger charge is -2.12. The number of rotatable bonds is 6. The third-order valence-corrected chi connectivity index (χ3v) is 8.59. The number of nitriles is 1. The summed E-state index contributed by atoms with van der Waals surface area (Å²) < 4.78 is 28.3. The van der Waals surface area contributed by atoms with E-state index in [0.29, 0.717) is 23.4 Å². The van der Waals surface area contributed by atoms with E-state index >= 15 is 0 Å². The minimum atomic E-state index is -3.52. The monoisotopic (exact) mass is 455 g/mol. The molecule has 2 heterocycles. The standard InChI is InChI=1S/C22H25N5O2S2/c1-5-27-20-10-9-15(31(28,29)26(3)4)11-19(20)24-21(27)13-30-22-17(12-23)14(2)16-7-6-8-18(16)25-22/h9-11H,5-8,13H2,1-4H3. The van der Waals surface area contributed by atoms with Crippen LogP contribution in [-0.2, 0) is 35.2 Å². The number of imidazole rings is 1. The van der Waals surface area contributed by atoms with Crippen LogP contribution in [0.4, 0.5) is 0 Å². The molecule has 0 fully saturated rings. The van der Waals surface area contributed by atoms with Crippen LogP contribution in [0.3, 0.4) is 0 Å². The van der Waals surface area contributed by atoms with Gasteiger partial charge in [-0.25, -0.2) is 22.7 Å². The maximum absolute atomic E-state index is 12.5. The normalized spacial score (nSPS) is 13.7. The number of nitrogens with zero attached hydrogens (tertiary/aromatic N) is 5. The zero-order chi connectivity index (χ0) is 22.3. The van der Waals surface area contributed by atoms with E-state index in [0.717, 1.165) is 46.9 Å². The van der Waals surface area contributed by atoms with Gasteiger partial charge in [0.05, 0.1) is 27.2 Å². The van der Waals surface area contributed by atoms with Crippen LogP contribution in [-0.4, -0.2) is 41.4 Å². The Morgan fingerprint density at radius 2 is 2.03 bits per heavy atom.